The van der Waals surface area contributed by atoms with Crippen LogP contribution in [-0.2, 0) is 0 Å². The third-order valence-electron chi connectivity index (χ3n) is 10.3. The predicted molar refractivity (Wildman–Crippen MR) is 219 cm³/mol. The molecular weight excluding hydrogens is 689 g/mol. The fourth-order valence-electron chi connectivity index (χ4n) is 7.75. The van der Waals surface area contributed by atoms with Gasteiger partial charge in [0.15, 0.2) is 17.5 Å². The lowest BCUT2D eigenvalue weighted by atomic mass is 10.0. The van der Waals surface area contributed by atoms with Crippen LogP contribution in [-0.4, -0.2) is 24.1 Å². The molecule has 258 valence electrons. The average Bonchev–Trinajstić information content (AvgIpc) is 3.78. The molecule has 8 heteroatoms. The monoisotopic (exact) mass is 714 g/mol. The first kappa shape index (κ1) is 32.3. The van der Waals surface area contributed by atoms with Gasteiger partial charge in [-0.3, -0.25) is 0 Å². The van der Waals surface area contributed by atoms with E-state index in [4.69, 9.17) is 15.0 Å². The van der Waals surface area contributed by atoms with Crippen LogP contribution in [0.25, 0.3) is 89.2 Å². The largest absolute Gasteiger partial charge is 0.307 e. The second-order valence-electron chi connectivity index (χ2n) is 13.4. The zero-order valence-corrected chi connectivity index (χ0v) is 29.6. The van der Waals surface area contributed by atoms with Crippen LogP contribution in [0.4, 0.5) is 0 Å². The zero-order chi connectivity index (χ0) is 37.8. The Balaban J connectivity index is 1.36. The number of hydrogen-bond acceptors (Lipinski definition) is 6. The van der Waals surface area contributed by atoms with Gasteiger partial charge in [-0.05, 0) is 60.7 Å². The number of nitriles is 3. The molecule has 0 aliphatic rings. The molecule has 0 unspecified atom stereocenters. The molecule has 0 atom stereocenters. The average molecular weight is 715 g/mol. The topological polar surface area (TPSA) is 120 Å². The van der Waals surface area contributed by atoms with Gasteiger partial charge in [0.2, 0.25) is 0 Å². The maximum absolute atomic E-state index is 11.0. The molecule has 10 rings (SSSR count). The Hall–Kier alpha value is -8.38. The summed E-state index contributed by atoms with van der Waals surface area (Å²) in [5.41, 5.74) is 8.80. The summed E-state index contributed by atoms with van der Waals surface area (Å²) in [4.78, 5) is 15.0. The molecule has 0 aliphatic carbocycles. The van der Waals surface area contributed by atoms with Gasteiger partial charge < -0.3 is 9.13 Å². The van der Waals surface area contributed by atoms with Crippen LogP contribution >= 0.6 is 0 Å². The number of aromatic nitrogens is 5. The summed E-state index contributed by atoms with van der Waals surface area (Å²) in [6, 6.07) is 58.2. The van der Waals surface area contributed by atoms with Crippen LogP contribution in [0.2, 0.25) is 0 Å². The summed E-state index contributed by atoms with van der Waals surface area (Å²) < 4.78 is 4.35. The Morgan fingerprint density at radius 1 is 0.375 bits per heavy atom. The smallest absolute Gasteiger partial charge is 0.165 e. The van der Waals surface area contributed by atoms with Crippen molar-refractivity contribution in [2.75, 3.05) is 0 Å². The first-order chi connectivity index (χ1) is 27.6. The lowest BCUT2D eigenvalue weighted by Gasteiger charge is -2.19. The van der Waals surface area contributed by atoms with Crippen LogP contribution in [0.3, 0.4) is 0 Å². The predicted octanol–water partition coefficient (Wildman–Crippen LogP) is 10.7. The maximum atomic E-state index is 11.0. The van der Waals surface area contributed by atoms with Crippen molar-refractivity contribution < 1.29 is 0 Å². The van der Waals surface area contributed by atoms with Crippen LogP contribution < -0.4 is 0 Å². The molecule has 0 fully saturated rings. The quantitative estimate of drug-likeness (QED) is 0.175. The minimum Gasteiger partial charge on any atom is -0.307 e. The lowest BCUT2D eigenvalue weighted by molar-refractivity contribution is 1.06. The van der Waals surface area contributed by atoms with Crippen LogP contribution in [0.5, 0.6) is 0 Å². The van der Waals surface area contributed by atoms with Crippen molar-refractivity contribution >= 4 is 43.6 Å². The normalized spacial score (nSPS) is 11.2. The summed E-state index contributed by atoms with van der Waals surface area (Å²) in [7, 11) is 0. The van der Waals surface area contributed by atoms with Crippen LogP contribution in [0, 0.1) is 34.0 Å². The van der Waals surface area contributed by atoms with E-state index in [1.807, 2.05) is 133 Å². The molecule has 3 aromatic heterocycles. The van der Waals surface area contributed by atoms with Gasteiger partial charge in [0.25, 0.3) is 0 Å². The summed E-state index contributed by atoms with van der Waals surface area (Å²) in [5, 5.41) is 34.6. The van der Waals surface area contributed by atoms with E-state index in [2.05, 4.69) is 51.6 Å². The van der Waals surface area contributed by atoms with Gasteiger partial charge in [0.05, 0.1) is 68.3 Å². The second kappa shape index (κ2) is 12.9. The Morgan fingerprint density at radius 3 is 1.29 bits per heavy atom. The third-order valence-corrected chi connectivity index (χ3v) is 10.3. The van der Waals surface area contributed by atoms with Gasteiger partial charge in [-0.25, -0.2) is 15.0 Å². The maximum Gasteiger partial charge on any atom is 0.165 e. The molecule has 0 radical (unpaired) electrons. The fourth-order valence-corrected chi connectivity index (χ4v) is 7.75. The summed E-state index contributed by atoms with van der Waals surface area (Å²) in [5.74, 6) is 1.33. The molecule has 0 saturated heterocycles. The van der Waals surface area contributed by atoms with E-state index >= 15 is 0 Å². The Morgan fingerprint density at radius 2 is 0.804 bits per heavy atom. The number of rotatable bonds is 5. The highest BCUT2D eigenvalue weighted by atomic mass is 15.1. The second-order valence-corrected chi connectivity index (χ2v) is 13.4. The molecule has 3 heterocycles. The number of hydrogen-bond donors (Lipinski definition) is 0. The Bertz CT molecular complexity index is 3280. The van der Waals surface area contributed by atoms with Crippen molar-refractivity contribution in [3.8, 4) is 63.7 Å². The van der Waals surface area contributed by atoms with Gasteiger partial charge in [-0.1, -0.05) is 97.1 Å². The highest BCUT2D eigenvalue weighted by molar-refractivity contribution is 6.12. The number of fused-ring (bicyclic) bond motifs is 6. The molecule has 0 bridgehead atoms. The van der Waals surface area contributed by atoms with Crippen molar-refractivity contribution in [1.82, 2.24) is 24.1 Å². The van der Waals surface area contributed by atoms with Crippen LogP contribution in [0.15, 0.2) is 158 Å². The molecule has 56 heavy (non-hydrogen) atoms. The van der Waals surface area contributed by atoms with E-state index in [9.17, 15) is 15.8 Å². The molecule has 0 spiro atoms. The lowest BCUT2D eigenvalue weighted by Crippen LogP contribution is -2.07. The van der Waals surface area contributed by atoms with E-state index in [0.29, 0.717) is 39.7 Å². The van der Waals surface area contributed by atoms with E-state index in [0.717, 1.165) is 66.1 Å². The van der Waals surface area contributed by atoms with E-state index in [1.165, 1.54) is 0 Å². The minimum absolute atomic E-state index is 0.357. The Kier molecular flexibility index (Phi) is 7.46. The first-order valence-corrected chi connectivity index (χ1v) is 18.0. The SMILES string of the molecule is N#Cc1ccc2c(c1)c1ccccc1n2-c1cc(C#N)c(-c2nc(-c3ccccc3)nc(-c3ccccc3)n2)cc1-n1c2ccccc2c2cc(C#N)ccc21. The third kappa shape index (κ3) is 5.09. The summed E-state index contributed by atoms with van der Waals surface area (Å²) in [6.07, 6.45) is 0. The summed E-state index contributed by atoms with van der Waals surface area (Å²) in [6.45, 7) is 0. The van der Waals surface area contributed by atoms with Gasteiger partial charge in [-0.2, -0.15) is 15.8 Å². The molecule has 0 amide bonds. The van der Waals surface area contributed by atoms with Crippen molar-refractivity contribution in [2.24, 2.45) is 0 Å². The van der Waals surface area contributed by atoms with E-state index in [-0.39, 0.29) is 0 Å². The van der Waals surface area contributed by atoms with Crippen molar-refractivity contribution in [2.45, 2.75) is 0 Å². The minimum atomic E-state index is 0.357. The highest BCUT2D eigenvalue weighted by Crippen LogP contribution is 2.41. The van der Waals surface area contributed by atoms with Gasteiger partial charge in [-0.15, -0.1) is 0 Å². The molecule has 7 aromatic carbocycles. The first-order valence-electron chi connectivity index (χ1n) is 18.0. The number of nitrogens with zero attached hydrogens (tertiary/aromatic N) is 8. The van der Waals surface area contributed by atoms with Crippen molar-refractivity contribution in [3.63, 3.8) is 0 Å². The molecule has 0 N–H and O–H groups in total. The molecule has 10 aromatic rings. The van der Waals surface area contributed by atoms with E-state index in [1.54, 1.807) is 0 Å². The Labute approximate surface area is 320 Å². The molecule has 0 aliphatic heterocycles. The van der Waals surface area contributed by atoms with Crippen LogP contribution in [0.1, 0.15) is 16.7 Å². The highest BCUT2D eigenvalue weighted by Gasteiger charge is 2.24. The fraction of sp³-hybridized carbons (Fsp3) is 0. The standard InChI is InChI=1S/C48H26N8/c49-27-30-19-21-42-38(23-30)35-15-7-9-17-40(35)55(42)44-25-34(29-51)37(26-45(44)56-41-18-10-8-16-36(41)39-24-31(28-50)20-22-43(39)56)48-53-46(32-11-3-1-4-12-32)52-47(54-48)33-13-5-2-6-14-33/h1-26H. The molecule has 0 saturated carbocycles. The summed E-state index contributed by atoms with van der Waals surface area (Å²) >= 11 is 0. The molecular formula is C48H26N8. The van der Waals surface area contributed by atoms with Crippen molar-refractivity contribution in [1.29, 1.82) is 15.8 Å². The van der Waals surface area contributed by atoms with E-state index < -0.39 is 0 Å². The van der Waals surface area contributed by atoms with Crippen molar-refractivity contribution in [3.05, 3.63) is 174 Å². The van der Waals surface area contributed by atoms with Gasteiger partial charge >= 0.3 is 0 Å². The number of para-hydroxylation sites is 2. The van der Waals surface area contributed by atoms with Gasteiger partial charge in [0, 0.05) is 38.2 Å². The zero-order valence-electron chi connectivity index (χ0n) is 29.6. The van der Waals surface area contributed by atoms with Gasteiger partial charge in [0.1, 0.15) is 0 Å². The molecule has 8 nitrogen and oxygen atoms in total. The number of benzene rings is 7.